The molecular weight excluding hydrogens is 245 g/mol. The van der Waals surface area contributed by atoms with Gasteiger partial charge in [0.1, 0.15) is 18.2 Å². The number of benzene rings is 2. The average Bonchev–Trinajstić information content (AvgIpc) is 2.46. The fraction of sp³-hybridized carbons (Fsp3) is 0.200. The van der Waals surface area contributed by atoms with E-state index in [1.807, 2.05) is 24.3 Å². The third-order valence-corrected chi connectivity index (χ3v) is 2.62. The Balaban J connectivity index is 1.87. The number of rotatable bonds is 6. The van der Waals surface area contributed by atoms with Crippen LogP contribution in [-0.4, -0.2) is 18.3 Å². The van der Waals surface area contributed by atoms with Crippen LogP contribution in [-0.2, 0) is 6.54 Å². The van der Waals surface area contributed by atoms with E-state index in [1.165, 1.54) is 12.1 Å². The minimum absolute atomic E-state index is 0.00781. The van der Waals surface area contributed by atoms with Crippen LogP contribution in [0.2, 0.25) is 0 Å². The smallest absolute Gasteiger partial charge is 0.123 e. The summed E-state index contributed by atoms with van der Waals surface area (Å²) in [6.07, 6.45) is 0. The van der Waals surface area contributed by atoms with E-state index in [2.05, 4.69) is 5.32 Å². The third-order valence-electron chi connectivity index (χ3n) is 2.62. The summed E-state index contributed by atoms with van der Waals surface area (Å²) in [5.74, 6) is 0.496. The van der Waals surface area contributed by atoms with E-state index in [0.717, 1.165) is 17.0 Å². The number of nitrogens with one attached hydrogen (secondary N) is 1. The number of hydrogen-bond donors (Lipinski definition) is 2. The molecule has 0 fully saturated rings. The molecule has 19 heavy (non-hydrogen) atoms. The first-order valence-corrected chi connectivity index (χ1v) is 6.10. The average molecular weight is 261 g/mol. The summed E-state index contributed by atoms with van der Waals surface area (Å²) in [5.41, 5.74) is 1.97. The van der Waals surface area contributed by atoms with E-state index in [-0.39, 0.29) is 12.4 Å². The number of halogens is 1. The van der Waals surface area contributed by atoms with Crippen molar-refractivity contribution in [3.8, 4) is 5.75 Å². The van der Waals surface area contributed by atoms with Crippen molar-refractivity contribution in [2.75, 3.05) is 18.5 Å². The van der Waals surface area contributed by atoms with Gasteiger partial charge in [0.15, 0.2) is 0 Å². The van der Waals surface area contributed by atoms with Gasteiger partial charge in [-0.25, -0.2) is 4.39 Å². The SMILES string of the molecule is OCCOc1ccc(CNc2ccc(F)cc2)cc1. The maximum atomic E-state index is 12.7. The zero-order chi connectivity index (χ0) is 13.5. The number of aliphatic hydroxyl groups excluding tert-OH is 1. The van der Waals surface area contributed by atoms with Crippen LogP contribution in [0.5, 0.6) is 5.75 Å². The van der Waals surface area contributed by atoms with Crippen LogP contribution in [0.4, 0.5) is 10.1 Å². The summed E-state index contributed by atoms with van der Waals surface area (Å²) >= 11 is 0. The van der Waals surface area contributed by atoms with E-state index >= 15 is 0 Å². The molecule has 2 aromatic carbocycles. The van der Waals surface area contributed by atoms with Gasteiger partial charge in [0, 0.05) is 12.2 Å². The molecule has 0 saturated carbocycles. The molecule has 0 amide bonds. The summed E-state index contributed by atoms with van der Waals surface area (Å²) in [4.78, 5) is 0. The lowest BCUT2D eigenvalue weighted by molar-refractivity contribution is 0.201. The van der Waals surface area contributed by atoms with Gasteiger partial charge in [-0.1, -0.05) is 12.1 Å². The molecule has 2 rings (SSSR count). The summed E-state index contributed by atoms with van der Waals surface area (Å²) < 4.78 is 18.0. The van der Waals surface area contributed by atoms with Crippen LogP contribution in [0.15, 0.2) is 48.5 Å². The third kappa shape index (κ3) is 4.26. The Bertz CT molecular complexity index is 497. The van der Waals surface area contributed by atoms with Gasteiger partial charge >= 0.3 is 0 Å². The van der Waals surface area contributed by atoms with Crippen molar-refractivity contribution in [2.24, 2.45) is 0 Å². The van der Waals surface area contributed by atoms with Crippen molar-refractivity contribution in [3.63, 3.8) is 0 Å². The lowest BCUT2D eigenvalue weighted by Crippen LogP contribution is -2.02. The van der Waals surface area contributed by atoms with Crippen molar-refractivity contribution < 1.29 is 14.2 Å². The molecular formula is C15H16FNO2. The molecule has 2 N–H and O–H groups in total. The van der Waals surface area contributed by atoms with Crippen LogP contribution >= 0.6 is 0 Å². The Kier molecular flexibility index (Phi) is 4.75. The highest BCUT2D eigenvalue weighted by atomic mass is 19.1. The molecule has 0 aliphatic rings. The first-order chi connectivity index (χ1) is 9.28. The summed E-state index contributed by atoms with van der Waals surface area (Å²) in [6, 6.07) is 13.9. The van der Waals surface area contributed by atoms with Gasteiger partial charge in [-0.3, -0.25) is 0 Å². The van der Waals surface area contributed by atoms with E-state index in [9.17, 15) is 4.39 Å². The molecule has 0 atom stereocenters. The highest BCUT2D eigenvalue weighted by Gasteiger charge is 1.97. The molecule has 4 heteroatoms. The molecule has 0 bridgehead atoms. The summed E-state index contributed by atoms with van der Waals surface area (Å²) in [5, 5.41) is 11.9. The molecule has 0 unspecified atom stereocenters. The van der Waals surface area contributed by atoms with Crippen molar-refractivity contribution >= 4 is 5.69 Å². The molecule has 0 aliphatic heterocycles. The lowest BCUT2D eigenvalue weighted by Gasteiger charge is -2.08. The molecule has 0 radical (unpaired) electrons. The van der Waals surface area contributed by atoms with Gasteiger partial charge in [-0.2, -0.15) is 0 Å². The fourth-order valence-corrected chi connectivity index (χ4v) is 1.64. The van der Waals surface area contributed by atoms with Gasteiger partial charge in [-0.05, 0) is 42.0 Å². The lowest BCUT2D eigenvalue weighted by atomic mass is 10.2. The monoisotopic (exact) mass is 261 g/mol. The number of anilines is 1. The molecule has 0 saturated heterocycles. The van der Waals surface area contributed by atoms with Crippen LogP contribution in [0.3, 0.4) is 0 Å². The first kappa shape index (κ1) is 13.4. The van der Waals surface area contributed by atoms with Crippen molar-refractivity contribution in [1.82, 2.24) is 0 Å². The van der Waals surface area contributed by atoms with E-state index in [1.54, 1.807) is 12.1 Å². The predicted molar refractivity (Wildman–Crippen MR) is 72.7 cm³/mol. The topological polar surface area (TPSA) is 41.5 Å². The number of ether oxygens (including phenoxy) is 1. The van der Waals surface area contributed by atoms with Gasteiger partial charge in [0.2, 0.25) is 0 Å². The predicted octanol–water partition coefficient (Wildman–Crippen LogP) is 2.81. The highest BCUT2D eigenvalue weighted by molar-refractivity contribution is 5.43. The minimum Gasteiger partial charge on any atom is -0.491 e. The molecule has 0 aromatic heterocycles. The van der Waals surface area contributed by atoms with Crippen molar-refractivity contribution in [1.29, 1.82) is 0 Å². The van der Waals surface area contributed by atoms with Gasteiger partial charge in [-0.15, -0.1) is 0 Å². The molecule has 100 valence electrons. The minimum atomic E-state index is -0.240. The second kappa shape index (κ2) is 6.75. The standard InChI is InChI=1S/C15H16FNO2/c16-13-3-5-14(6-4-13)17-11-12-1-7-15(8-2-12)19-10-9-18/h1-8,17-18H,9-11H2. The van der Waals surface area contributed by atoms with E-state index in [0.29, 0.717) is 13.2 Å². The molecule has 3 nitrogen and oxygen atoms in total. The summed E-state index contributed by atoms with van der Waals surface area (Å²) in [6.45, 7) is 0.965. The van der Waals surface area contributed by atoms with Crippen molar-refractivity contribution in [3.05, 3.63) is 59.9 Å². The number of hydrogen-bond acceptors (Lipinski definition) is 3. The van der Waals surface area contributed by atoms with Crippen LogP contribution in [0, 0.1) is 5.82 Å². The number of aliphatic hydroxyl groups is 1. The second-order valence-electron chi connectivity index (χ2n) is 4.08. The van der Waals surface area contributed by atoms with Gasteiger partial charge < -0.3 is 15.2 Å². The molecule has 2 aromatic rings. The highest BCUT2D eigenvalue weighted by Crippen LogP contribution is 2.14. The second-order valence-corrected chi connectivity index (χ2v) is 4.08. The maximum absolute atomic E-state index is 12.7. The Hall–Kier alpha value is -2.07. The van der Waals surface area contributed by atoms with Gasteiger partial charge in [0.25, 0.3) is 0 Å². The Morgan fingerprint density at radius 1 is 1.00 bits per heavy atom. The fourth-order valence-electron chi connectivity index (χ4n) is 1.64. The zero-order valence-corrected chi connectivity index (χ0v) is 10.5. The van der Waals surface area contributed by atoms with Gasteiger partial charge in [0.05, 0.1) is 6.61 Å². The summed E-state index contributed by atoms with van der Waals surface area (Å²) in [7, 11) is 0. The van der Waals surface area contributed by atoms with Crippen LogP contribution < -0.4 is 10.1 Å². The van der Waals surface area contributed by atoms with Crippen LogP contribution in [0.25, 0.3) is 0 Å². The Morgan fingerprint density at radius 3 is 2.32 bits per heavy atom. The Morgan fingerprint density at radius 2 is 1.68 bits per heavy atom. The normalized spacial score (nSPS) is 10.2. The maximum Gasteiger partial charge on any atom is 0.123 e. The van der Waals surface area contributed by atoms with E-state index < -0.39 is 0 Å². The Labute approximate surface area is 111 Å². The largest absolute Gasteiger partial charge is 0.491 e. The first-order valence-electron chi connectivity index (χ1n) is 6.10. The van der Waals surface area contributed by atoms with E-state index in [4.69, 9.17) is 9.84 Å². The quantitative estimate of drug-likeness (QED) is 0.840. The zero-order valence-electron chi connectivity index (χ0n) is 10.5. The van der Waals surface area contributed by atoms with Crippen molar-refractivity contribution in [2.45, 2.75) is 6.54 Å². The molecule has 0 spiro atoms. The molecule has 0 aliphatic carbocycles. The molecule has 0 heterocycles. The van der Waals surface area contributed by atoms with Crippen LogP contribution in [0.1, 0.15) is 5.56 Å².